The van der Waals surface area contributed by atoms with Gasteiger partial charge in [0.1, 0.15) is 11.3 Å². The summed E-state index contributed by atoms with van der Waals surface area (Å²) in [4.78, 5) is 26.0. The topological polar surface area (TPSA) is 73.9 Å². The smallest absolute Gasteiger partial charge is 0.341 e. The van der Waals surface area contributed by atoms with E-state index in [0.29, 0.717) is 42.5 Å². The van der Waals surface area contributed by atoms with Gasteiger partial charge in [0.15, 0.2) is 0 Å². The van der Waals surface area contributed by atoms with Gasteiger partial charge in [-0.2, -0.15) is 0 Å². The van der Waals surface area contributed by atoms with Crippen LogP contribution in [0.15, 0.2) is 42.5 Å². The number of hydrogen-bond donors (Lipinski definition) is 1. The number of carbonyl (C=O) groups excluding carboxylic acids is 2. The van der Waals surface area contributed by atoms with E-state index in [2.05, 4.69) is 5.32 Å². The zero-order valence-corrected chi connectivity index (χ0v) is 18.8. The van der Waals surface area contributed by atoms with Gasteiger partial charge in [-0.3, -0.25) is 4.79 Å². The van der Waals surface area contributed by atoms with E-state index >= 15 is 0 Å². The first-order valence-corrected chi connectivity index (χ1v) is 10.9. The second kappa shape index (κ2) is 10.2. The predicted octanol–water partition coefficient (Wildman–Crippen LogP) is 4.99. The predicted molar refractivity (Wildman–Crippen MR) is 120 cm³/mol. The molecule has 31 heavy (non-hydrogen) atoms. The first-order chi connectivity index (χ1) is 14.9. The number of carbonyl (C=O) groups is 2. The molecular formula is C24H28ClNO5. The lowest BCUT2D eigenvalue weighted by molar-refractivity contribution is -0.125. The highest BCUT2D eigenvalue weighted by Crippen LogP contribution is 2.37. The van der Waals surface area contributed by atoms with Crippen LogP contribution in [0.2, 0.25) is 5.02 Å². The Bertz CT molecular complexity index is 920. The lowest BCUT2D eigenvalue weighted by Gasteiger charge is -2.36. The molecule has 0 aromatic heterocycles. The average Bonchev–Trinajstić information content (AvgIpc) is 2.75. The van der Waals surface area contributed by atoms with Crippen molar-refractivity contribution >= 4 is 29.2 Å². The minimum absolute atomic E-state index is 0.107. The molecule has 1 aliphatic rings. The quantitative estimate of drug-likeness (QED) is 0.607. The van der Waals surface area contributed by atoms with E-state index in [1.165, 1.54) is 0 Å². The second-order valence-electron chi connectivity index (χ2n) is 7.75. The largest absolute Gasteiger partial charge is 0.490 e. The lowest BCUT2D eigenvalue weighted by atomic mass is 9.73. The van der Waals surface area contributed by atoms with Gasteiger partial charge in [-0.1, -0.05) is 23.7 Å². The Morgan fingerprint density at radius 2 is 1.81 bits per heavy atom. The highest BCUT2D eigenvalue weighted by atomic mass is 35.5. The van der Waals surface area contributed by atoms with Gasteiger partial charge in [-0.15, -0.1) is 0 Å². The Morgan fingerprint density at radius 3 is 2.42 bits per heavy atom. The number of benzene rings is 2. The summed E-state index contributed by atoms with van der Waals surface area (Å²) in [6, 6.07) is 12.4. The normalized spacial score (nSPS) is 15.4. The zero-order chi connectivity index (χ0) is 22.4. The van der Waals surface area contributed by atoms with Crippen LogP contribution >= 0.6 is 11.6 Å². The van der Waals surface area contributed by atoms with Gasteiger partial charge in [-0.05, 0) is 69.5 Å². The third-order valence-electron chi connectivity index (χ3n) is 5.27. The molecule has 0 atom stereocenters. The Balaban J connectivity index is 1.92. The maximum atomic E-state index is 13.5. The Hall–Kier alpha value is -2.57. The van der Waals surface area contributed by atoms with Crippen molar-refractivity contribution in [3.63, 3.8) is 0 Å². The molecule has 166 valence electrons. The van der Waals surface area contributed by atoms with Crippen molar-refractivity contribution in [3.05, 3.63) is 58.6 Å². The molecule has 0 aliphatic carbocycles. The summed E-state index contributed by atoms with van der Waals surface area (Å²) in [5.41, 5.74) is 0.938. The number of hydrogen-bond acceptors (Lipinski definition) is 5. The van der Waals surface area contributed by atoms with Crippen LogP contribution in [0.25, 0.3) is 0 Å². The molecule has 7 heteroatoms. The van der Waals surface area contributed by atoms with Crippen LogP contribution in [0.3, 0.4) is 0 Å². The molecule has 3 rings (SSSR count). The summed E-state index contributed by atoms with van der Waals surface area (Å²) >= 11 is 6.05. The van der Waals surface area contributed by atoms with E-state index in [-0.39, 0.29) is 24.2 Å². The van der Waals surface area contributed by atoms with Crippen LogP contribution in [0.4, 0.5) is 5.69 Å². The van der Waals surface area contributed by atoms with Gasteiger partial charge < -0.3 is 19.5 Å². The summed E-state index contributed by atoms with van der Waals surface area (Å²) in [5, 5.41) is 3.61. The molecule has 0 spiro atoms. The van der Waals surface area contributed by atoms with Gasteiger partial charge in [0, 0.05) is 23.9 Å². The fourth-order valence-electron chi connectivity index (χ4n) is 3.72. The van der Waals surface area contributed by atoms with E-state index in [9.17, 15) is 9.59 Å². The number of ether oxygens (including phenoxy) is 3. The monoisotopic (exact) mass is 445 g/mol. The number of halogens is 1. The van der Waals surface area contributed by atoms with Crippen LogP contribution < -0.4 is 10.1 Å². The van der Waals surface area contributed by atoms with Gasteiger partial charge >= 0.3 is 5.97 Å². The maximum Gasteiger partial charge on any atom is 0.341 e. The molecule has 1 aliphatic heterocycles. The van der Waals surface area contributed by atoms with Gasteiger partial charge in [-0.25, -0.2) is 4.79 Å². The molecule has 1 N–H and O–H groups in total. The summed E-state index contributed by atoms with van der Waals surface area (Å²) in [6.07, 6.45) is 1.00. The van der Waals surface area contributed by atoms with E-state index in [0.717, 1.165) is 5.56 Å². The van der Waals surface area contributed by atoms with Crippen LogP contribution in [-0.2, 0) is 19.7 Å². The summed E-state index contributed by atoms with van der Waals surface area (Å²) in [7, 11) is 0. The van der Waals surface area contributed by atoms with Crippen molar-refractivity contribution in [1.29, 1.82) is 0 Å². The van der Waals surface area contributed by atoms with Crippen LogP contribution in [0.5, 0.6) is 5.75 Å². The Kier molecular flexibility index (Phi) is 7.57. The first-order valence-electron chi connectivity index (χ1n) is 10.5. The van der Waals surface area contributed by atoms with Crippen LogP contribution in [0, 0.1) is 0 Å². The highest BCUT2D eigenvalue weighted by molar-refractivity contribution is 6.30. The van der Waals surface area contributed by atoms with Gasteiger partial charge in [0.2, 0.25) is 5.91 Å². The van der Waals surface area contributed by atoms with Gasteiger partial charge in [0.25, 0.3) is 0 Å². The standard InChI is InChI=1S/C24H28ClNO5/c1-4-30-22(27)20-15-19(9-10-21(20)31-16(2)3)26-23(28)24(11-13-29-14-12-24)17-5-7-18(25)8-6-17/h5-10,15-16H,4,11-14H2,1-3H3,(H,26,28). The SMILES string of the molecule is CCOC(=O)c1cc(NC(=O)C2(c3ccc(Cl)cc3)CCOCC2)ccc1OC(C)C. The number of esters is 1. The second-order valence-corrected chi connectivity index (χ2v) is 8.19. The molecule has 1 saturated heterocycles. The van der Waals surface area contributed by atoms with Crippen LogP contribution in [0.1, 0.15) is 49.5 Å². The molecule has 0 radical (unpaired) electrons. The van der Waals surface area contributed by atoms with Crippen molar-refractivity contribution in [2.24, 2.45) is 0 Å². The molecule has 1 amide bonds. The van der Waals surface area contributed by atoms with Crippen molar-refractivity contribution in [1.82, 2.24) is 0 Å². The van der Waals surface area contributed by atoms with Crippen LogP contribution in [-0.4, -0.2) is 37.8 Å². The molecule has 6 nitrogen and oxygen atoms in total. The number of anilines is 1. The third-order valence-corrected chi connectivity index (χ3v) is 5.53. The summed E-state index contributed by atoms with van der Waals surface area (Å²) < 4.78 is 16.4. The summed E-state index contributed by atoms with van der Waals surface area (Å²) in [6.45, 7) is 6.73. The fraction of sp³-hybridized carbons (Fsp3) is 0.417. The minimum atomic E-state index is -0.736. The first kappa shape index (κ1) is 23.1. The van der Waals surface area contributed by atoms with Crippen molar-refractivity contribution in [2.45, 2.75) is 45.1 Å². The zero-order valence-electron chi connectivity index (χ0n) is 18.1. The van der Waals surface area contributed by atoms with E-state index in [1.807, 2.05) is 26.0 Å². The van der Waals surface area contributed by atoms with E-state index in [4.69, 9.17) is 25.8 Å². The van der Waals surface area contributed by atoms with Gasteiger partial charge in [0.05, 0.1) is 18.1 Å². The average molecular weight is 446 g/mol. The Labute approximate surface area is 187 Å². The van der Waals surface area contributed by atoms with Crippen molar-refractivity contribution < 1.29 is 23.8 Å². The molecule has 0 unspecified atom stereocenters. The van der Waals surface area contributed by atoms with E-state index < -0.39 is 11.4 Å². The van der Waals surface area contributed by atoms with Crippen molar-refractivity contribution in [3.8, 4) is 5.75 Å². The van der Waals surface area contributed by atoms with E-state index in [1.54, 1.807) is 37.3 Å². The number of amides is 1. The Morgan fingerprint density at radius 1 is 1.13 bits per heavy atom. The molecule has 2 aromatic carbocycles. The molecular weight excluding hydrogens is 418 g/mol. The lowest BCUT2D eigenvalue weighted by Crippen LogP contribution is -2.44. The molecule has 0 bridgehead atoms. The third kappa shape index (κ3) is 5.38. The fourth-order valence-corrected chi connectivity index (χ4v) is 3.85. The molecule has 2 aromatic rings. The maximum absolute atomic E-state index is 13.5. The minimum Gasteiger partial charge on any atom is -0.490 e. The van der Waals surface area contributed by atoms with Crippen molar-refractivity contribution in [2.75, 3.05) is 25.1 Å². The molecule has 0 saturated carbocycles. The summed E-state index contributed by atoms with van der Waals surface area (Å²) in [5.74, 6) is -0.219. The molecule has 1 fully saturated rings. The number of rotatable bonds is 7. The molecule has 1 heterocycles. The highest BCUT2D eigenvalue weighted by Gasteiger charge is 2.41. The number of nitrogens with one attached hydrogen (secondary N) is 1.